The first-order chi connectivity index (χ1) is 8.74. The van der Waals surface area contributed by atoms with E-state index in [1.807, 2.05) is 10.6 Å². The van der Waals surface area contributed by atoms with Crippen molar-refractivity contribution < 1.29 is 0 Å². The summed E-state index contributed by atoms with van der Waals surface area (Å²) in [6.07, 6.45) is 3.21. The van der Waals surface area contributed by atoms with Gasteiger partial charge in [0.05, 0.1) is 12.9 Å². The smallest absolute Gasteiger partial charge is 0.165 e. The summed E-state index contributed by atoms with van der Waals surface area (Å²) in [6, 6.07) is 8.32. The first kappa shape index (κ1) is 11.4. The van der Waals surface area contributed by atoms with E-state index in [2.05, 4.69) is 55.7 Å². The van der Waals surface area contributed by atoms with Crippen molar-refractivity contribution in [2.75, 3.05) is 5.73 Å². The summed E-state index contributed by atoms with van der Waals surface area (Å²) in [5.74, 6) is 0.418. The minimum absolute atomic E-state index is 0.418. The first-order valence-corrected chi connectivity index (χ1v) is 6.47. The standard InChI is InChI=1S/C12H10IN5/c13-9-3-1-2-8(4-9)5-18-7-17-10-11(14)15-6-16-12(10)18/h1-4,6-7H,5H2,(H2,14,15,16). The molecule has 3 aromatic rings. The Kier molecular flexibility index (Phi) is 2.86. The van der Waals surface area contributed by atoms with Crippen LogP contribution in [-0.4, -0.2) is 19.5 Å². The molecule has 0 spiro atoms. The molecule has 90 valence electrons. The van der Waals surface area contributed by atoms with Gasteiger partial charge in [-0.15, -0.1) is 0 Å². The SMILES string of the molecule is Nc1ncnc2c1ncn2Cc1cccc(I)c1. The van der Waals surface area contributed by atoms with Gasteiger partial charge in [-0.05, 0) is 40.3 Å². The normalized spacial score (nSPS) is 10.9. The van der Waals surface area contributed by atoms with E-state index < -0.39 is 0 Å². The molecule has 1 aromatic carbocycles. The highest BCUT2D eigenvalue weighted by Crippen LogP contribution is 2.16. The molecule has 2 N–H and O–H groups in total. The Morgan fingerprint density at radius 2 is 2.11 bits per heavy atom. The number of fused-ring (bicyclic) bond motifs is 1. The summed E-state index contributed by atoms with van der Waals surface area (Å²) < 4.78 is 3.18. The highest BCUT2D eigenvalue weighted by atomic mass is 127. The van der Waals surface area contributed by atoms with Crippen molar-refractivity contribution in [1.82, 2.24) is 19.5 Å². The molecule has 0 saturated heterocycles. The lowest BCUT2D eigenvalue weighted by atomic mass is 10.2. The molecule has 5 nitrogen and oxygen atoms in total. The van der Waals surface area contributed by atoms with E-state index in [1.54, 1.807) is 6.33 Å². The number of halogens is 1. The maximum atomic E-state index is 5.76. The van der Waals surface area contributed by atoms with E-state index in [-0.39, 0.29) is 0 Å². The van der Waals surface area contributed by atoms with E-state index >= 15 is 0 Å². The lowest BCUT2D eigenvalue weighted by Crippen LogP contribution is -2.00. The van der Waals surface area contributed by atoms with Crippen LogP contribution >= 0.6 is 22.6 Å². The Bertz CT molecular complexity index is 707. The van der Waals surface area contributed by atoms with Crippen LogP contribution in [0.5, 0.6) is 0 Å². The number of nitrogens with zero attached hydrogens (tertiary/aromatic N) is 4. The summed E-state index contributed by atoms with van der Waals surface area (Å²) in [5.41, 5.74) is 8.39. The zero-order valence-electron chi connectivity index (χ0n) is 9.42. The molecule has 0 atom stereocenters. The molecule has 2 aromatic heterocycles. The van der Waals surface area contributed by atoms with Crippen molar-refractivity contribution in [2.45, 2.75) is 6.54 Å². The molecule has 0 aliphatic rings. The highest BCUT2D eigenvalue weighted by molar-refractivity contribution is 14.1. The Hall–Kier alpha value is -1.70. The lowest BCUT2D eigenvalue weighted by molar-refractivity contribution is 0.812. The fraction of sp³-hybridized carbons (Fsp3) is 0.0833. The van der Waals surface area contributed by atoms with Crippen LogP contribution in [0.2, 0.25) is 0 Å². The zero-order valence-corrected chi connectivity index (χ0v) is 11.6. The van der Waals surface area contributed by atoms with E-state index in [0.29, 0.717) is 11.3 Å². The minimum atomic E-state index is 0.418. The monoisotopic (exact) mass is 351 g/mol. The Labute approximate surface area is 117 Å². The minimum Gasteiger partial charge on any atom is -0.382 e. The van der Waals surface area contributed by atoms with Gasteiger partial charge in [0.15, 0.2) is 11.5 Å². The summed E-state index contributed by atoms with van der Waals surface area (Å²) >= 11 is 2.30. The highest BCUT2D eigenvalue weighted by Gasteiger charge is 2.07. The molecular formula is C12H10IN5. The molecule has 0 unspecified atom stereocenters. The van der Waals surface area contributed by atoms with E-state index in [1.165, 1.54) is 15.5 Å². The van der Waals surface area contributed by atoms with Crippen molar-refractivity contribution >= 4 is 39.6 Å². The number of anilines is 1. The van der Waals surface area contributed by atoms with Gasteiger partial charge in [-0.25, -0.2) is 15.0 Å². The number of nitrogens with two attached hydrogens (primary N) is 1. The van der Waals surface area contributed by atoms with Crippen LogP contribution < -0.4 is 5.73 Å². The molecule has 0 amide bonds. The summed E-state index contributed by atoms with van der Waals surface area (Å²) in [4.78, 5) is 12.4. The van der Waals surface area contributed by atoms with Crippen molar-refractivity contribution in [2.24, 2.45) is 0 Å². The third kappa shape index (κ3) is 2.03. The number of rotatable bonds is 2. The molecule has 0 bridgehead atoms. The van der Waals surface area contributed by atoms with E-state index in [0.717, 1.165) is 12.2 Å². The van der Waals surface area contributed by atoms with Crippen LogP contribution in [0, 0.1) is 3.57 Å². The molecule has 0 radical (unpaired) electrons. The topological polar surface area (TPSA) is 69.6 Å². The molecule has 0 saturated carbocycles. The van der Waals surface area contributed by atoms with Gasteiger partial charge in [0.2, 0.25) is 0 Å². The van der Waals surface area contributed by atoms with Crippen LogP contribution in [0.1, 0.15) is 5.56 Å². The summed E-state index contributed by atoms with van der Waals surface area (Å²) in [7, 11) is 0. The number of hydrogen-bond acceptors (Lipinski definition) is 4. The quantitative estimate of drug-likeness (QED) is 0.718. The predicted molar refractivity (Wildman–Crippen MR) is 78.0 cm³/mol. The average molecular weight is 351 g/mol. The van der Waals surface area contributed by atoms with Gasteiger partial charge in [0, 0.05) is 3.57 Å². The van der Waals surface area contributed by atoms with Gasteiger partial charge in [-0.1, -0.05) is 12.1 Å². The number of nitrogen functional groups attached to an aromatic ring is 1. The van der Waals surface area contributed by atoms with E-state index in [4.69, 9.17) is 5.73 Å². The number of benzene rings is 1. The maximum absolute atomic E-state index is 5.76. The largest absolute Gasteiger partial charge is 0.382 e. The third-order valence-corrected chi connectivity index (χ3v) is 3.34. The van der Waals surface area contributed by atoms with Crippen LogP contribution in [0.3, 0.4) is 0 Å². The number of hydrogen-bond donors (Lipinski definition) is 1. The molecule has 0 fully saturated rings. The maximum Gasteiger partial charge on any atom is 0.165 e. The van der Waals surface area contributed by atoms with Gasteiger partial charge in [0.25, 0.3) is 0 Å². The van der Waals surface area contributed by atoms with Crippen molar-refractivity contribution in [3.05, 3.63) is 46.1 Å². The number of aromatic nitrogens is 4. The Balaban J connectivity index is 2.03. The van der Waals surface area contributed by atoms with Gasteiger partial charge < -0.3 is 10.3 Å². The fourth-order valence-corrected chi connectivity index (χ4v) is 2.45. The van der Waals surface area contributed by atoms with Crippen molar-refractivity contribution in [1.29, 1.82) is 0 Å². The van der Waals surface area contributed by atoms with Crippen LogP contribution in [0.4, 0.5) is 5.82 Å². The summed E-state index contributed by atoms with van der Waals surface area (Å²) in [6.45, 7) is 0.726. The second kappa shape index (κ2) is 4.52. The van der Waals surface area contributed by atoms with Gasteiger partial charge in [-0.3, -0.25) is 0 Å². The second-order valence-electron chi connectivity index (χ2n) is 3.93. The molecule has 2 heterocycles. The molecule has 3 rings (SSSR count). The molecule has 0 aliphatic carbocycles. The Morgan fingerprint density at radius 3 is 2.94 bits per heavy atom. The molecular weight excluding hydrogens is 341 g/mol. The molecule has 18 heavy (non-hydrogen) atoms. The van der Waals surface area contributed by atoms with Gasteiger partial charge in [-0.2, -0.15) is 0 Å². The third-order valence-electron chi connectivity index (χ3n) is 2.67. The average Bonchev–Trinajstić information content (AvgIpc) is 2.74. The zero-order chi connectivity index (χ0) is 12.5. The van der Waals surface area contributed by atoms with Crippen molar-refractivity contribution in [3.63, 3.8) is 0 Å². The van der Waals surface area contributed by atoms with Crippen molar-refractivity contribution in [3.8, 4) is 0 Å². The van der Waals surface area contributed by atoms with Crippen LogP contribution in [0.25, 0.3) is 11.2 Å². The van der Waals surface area contributed by atoms with E-state index in [9.17, 15) is 0 Å². The van der Waals surface area contributed by atoms with Gasteiger partial charge >= 0.3 is 0 Å². The number of imidazole rings is 1. The van der Waals surface area contributed by atoms with Gasteiger partial charge in [0.1, 0.15) is 11.8 Å². The first-order valence-electron chi connectivity index (χ1n) is 5.40. The fourth-order valence-electron chi connectivity index (χ4n) is 1.85. The van der Waals surface area contributed by atoms with Crippen LogP contribution in [0.15, 0.2) is 36.9 Å². The predicted octanol–water partition coefficient (Wildman–Crippen LogP) is 2.06. The molecule has 0 aliphatic heterocycles. The van der Waals surface area contributed by atoms with Crippen LogP contribution in [-0.2, 0) is 6.54 Å². The summed E-state index contributed by atoms with van der Waals surface area (Å²) in [5, 5.41) is 0. The lowest BCUT2D eigenvalue weighted by Gasteiger charge is -2.04. The second-order valence-corrected chi connectivity index (χ2v) is 5.18. The Morgan fingerprint density at radius 1 is 1.22 bits per heavy atom. The molecule has 6 heteroatoms.